The molecule has 0 atom stereocenters. The van der Waals surface area contributed by atoms with Crippen molar-refractivity contribution in [3.8, 4) is 17.0 Å². The predicted molar refractivity (Wildman–Crippen MR) is 147 cm³/mol. The molecule has 188 valence electrons. The molecule has 1 aromatic heterocycles. The molecule has 1 N–H and O–H groups in total. The van der Waals surface area contributed by atoms with E-state index in [1.165, 1.54) is 51.8 Å². The van der Waals surface area contributed by atoms with E-state index in [2.05, 4.69) is 55.5 Å². The number of benzene rings is 2. The zero-order chi connectivity index (χ0) is 25.1. The van der Waals surface area contributed by atoms with Crippen LogP contribution in [-0.4, -0.2) is 36.6 Å². The molecule has 0 saturated heterocycles. The van der Waals surface area contributed by atoms with Gasteiger partial charge in [-0.1, -0.05) is 0 Å². The van der Waals surface area contributed by atoms with Crippen molar-refractivity contribution in [3.63, 3.8) is 0 Å². The van der Waals surface area contributed by atoms with Gasteiger partial charge in [0.2, 0.25) is 0 Å². The van der Waals surface area contributed by atoms with Crippen LogP contribution in [-0.2, 0) is 0 Å². The van der Waals surface area contributed by atoms with Crippen LogP contribution < -0.4 is 13.6 Å². The zero-order valence-electron chi connectivity index (χ0n) is 21.7. The van der Waals surface area contributed by atoms with E-state index in [4.69, 9.17) is 9.26 Å². The first-order chi connectivity index (χ1) is 17.0. The van der Waals surface area contributed by atoms with Gasteiger partial charge >= 0.3 is 198 Å². The molecule has 0 fully saturated rings. The number of nitrogens with one attached hydrogen (secondary N) is 1. The van der Waals surface area contributed by atoms with E-state index in [0.717, 1.165) is 11.3 Å². The average molecular weight is 583 g/mol. The number of hydrogen-bond donors (Lipinski definition) is 1. The summed E-state index contributed by atoms with van der Waals surface area (Å²) in [6.45, 7) is 6.94. The van der Waals surface area contributed by atoms with Gasteiger partial charge in [-0.25, -0.2) is 0 Å². The molecule has 3 rings (SSSR count). The summed E-state index contributed by atoms with van der Waals surface area (Å²) in [5, 5.41) is 7.00. The molecule has 0 aliphatic carbocycles. The van der Waals surface area contributed by atoms with Crippen molar-refractivity contribution in [3.05, 3.63) is 60.2 Å². The molecule has 35 heavy (non-hydrogen) atoms. The summed E-state index contributed by atoms with van der Waals surface area (Å²) in [6.07, 6.45) is 7.89. The van der Waals surface area contributed by atoms with Crippen LogP contribution in [0.5, 0.6) is 5.75 Å². The molecular formula is C29H40N2O3Sn. The molecule has 0 aliphatic rings. The SMILES string of the molecule is CCC[CH2][Sn]([CH2]CCC)([CH2]CCC)[c]1ccc(-c2cc(NC(=O)c3ccc(OC)cc3)on2)cc1. The van der Waals surface area contributed by atoms with Gasteiger partial charge in [-0.05, 0) is 0 Å². The van der Waals surface area contributed by atoms with E-state index in [1.807, 2.05) is 0 Å². The average Bonchev–Trinajstić information content (AvgIpc) is 3.37. The van der Waals surface area contributed by atoms with Gasteiger partial charge in [0, 0.05) is 0 Å². The second-order valence-corrected chi connectivity index (χ2v) is 22.7. The van der Waals surface area contributed by atoms with Gasteiger partial charge in [-0.2, -0.15) is 0 Å². The van der Waals surface area contributed by atoms with E-state index in [1.54, 1.807) is 41.0 Å². The fourth-order valence-electron chi connectivity index (χ4n) is 4.74. The molecule has 0 spiro atoms. The molecule has 2 aromatic carbocycles. The third-order valence-electron chi connectivity index (χ3n) is 6.92. The quantitative estimate of drug-likeness (QED) is 0.198. The molecule has 0 aliphatic heterocycles. The van der Waals surface area contributed by atoms with Crippen molar-refractivity contribution in [1.29, 1.82) is 0 Å². The molecule has 0 saturated carbocycles. The molecular weight excluding hydrogens is 543 g/mol. The van der Waals surface area contributed by atoms with Gasteiger partial charge in [-0.3, -0.25) is 0 Å². The summed E-state index contributed by atoms with van der Waals surface area (Å²) in [6, 6.07) is 17.9. The van der Waals surface area contributed by atoms with Gasteiger partial charge < -0.3 is 4.74 Å². The molecule has 1 heterocycles. The van der Waals surface area contributed by atoms with Crippen molar-refractivity contribution in [2.24, 2.45) is 0 Å². The van der Waals surface area contributed by atoms with Gasteiger partial charge in [0.05, 0.1) is 7.11 Å². The van der Waals surface area contributed by atoms with Gasteiger partial charge in [-0.15, -0.1) is 0 Å². The minimum absolute atomic E-state index is 0.243. The summed E-state index contributed by atoms with van der Waals surface area (Å²) in [4.78, 5) is 12.5. The van der Waals surface area contributed by atoms with Crippen LogP contribution in [0.25, 0.3) is 11.3 Å². The monoisotopic (exact) mass is 584 g/mol. The van der Waals surface area contributed by atoms with E-state index in [-0.39, 0.29) is 5.91 Å². The molecule has 0 unspecified atom stereocenters. The topological polar surface area (TPSA) is 64.4 Å². The van der Waals surface area contributed by atoms with Crippen molar-refractivity contribution in [1.82, 2.24) is 5.16 Å². The molecule has 6 heteroatoms. The first-order valence-electron chi connectivity index (χ1n) is 13.1. The number of rotatable bonds is 14. The molecule has 5 nitrogen and oxygen atoms in total. The first kappa shape index (κ1) is 27.3. The standard InChI is InChI=1S/C17H13N2O3.3C4H9.Sn/c1-21-14-9-7-13(8-10-14)17(20)18-16-11-15(19-22-16)12-5-3-2-4-6-12;3*1-3-4-2;/h3-11H,1H3,(H,18,20);3*1,3-4H2,2H3;. The fraction of sp³-hybridized carbons (Fsp3) is 0.448. The summed E-state index contributed by atoms with van der Waals surface area (Å²) in [5.74, 6) is 0.805. The number of amides is 1. The number of unbranched alkanes of at least 4 members (excludes halogenated alkanes) is 3. The van der Waals surface area contributed by atoms with Crippen LogP contribution >= 0.6 is 0 Å². The van der Waals surface area contributed by atoms with Gasteiger partial charge in [0.15, 0.2) is 0 Å². The number of carbonyl (C=O) groups excluding carboxylic acids is 1. The van der Waals surface area contributed by atoms with Crippen LogP contribution in [0, 0.1) is 0 Å². The van der Waals surface area contributed by atoms with Gasteiger partial charge in [0.25, 0.3) is 0 Å². The number of hydrogen-bond acceptors (Lipinski definition) is 4. The number of nitrogens with zero attached hydrogens (tertiary/aromatic N) is 1. The minimum atomic E-state index is -2.44. The number of methoxy groups -OCH3 is 1. The molecule has 0 radical (unpaired) electrons. The Hall–Kier alpha value is -2.28. The van der Waals surface area contributed by atoms with Crippen LogP contribution in [0.4, 0.5) is 5.88 Å². The fourth-order valence-corrected chi connectivity index (χ4v) is 20.7. The summed E-state index contributed by atoms with van der Waals surface area (Å²) >= 11 is -2.44. The summed E-state index contributed by atoms with van der Waals surface area (Å²) < 4.78 is 16.6. The predicted octanol–water partition coefficient (Wildman–Crippen LogP) is 7.66. The Morgan fingerprint density at radius 3 is 1.97 bits per heavy atom. The van der Waals surface area contributed by atoms with Crippen molar-refractivity contribution in [2.75, 3.05) is 12.4 Å². The third kappa shape index (κ3) is 7.35. The van der Waals surface area contributed by atoms with Crippen LogP contribution in [0.15, 0.2) is 59.1 Å². The molecule has 1 amide bonds. The van der Waals surface area contributed by atoms with Gasteiger partial charge in [0.1, 0.15) is 5.75 Å². The maximum atomic E-state index is 12.5. The Labute approximate surface area is 214 Å². The second-order valence-electron chi connectivity index (χ2n) is 9.43. The molecule has 0 bridgehead atoms. The van der Waals surface area contributed by atoms with E-state index >= 15 is 0 Å². The van der Waals surface area contributed by atoms with E-state index < -0.39 is 18.4 Å². The number of carbonyl (C=O) groups is 1. The van der Waals surface area contributed by atoms with Crippen LogP contribution in [0.2, 0.25) is 13.3 Å². The third-order valence-corrected chi connectivity index (χ3v) is 22.6. The second kappa shape index (κ2) is 13.7. The van der Waals surface area contributed by atoms with E-state index in [9.17, 15) is 4.79 Å². The van der Waals surface area contributed by atoms with Crippen molar-refractivity contribution >= 4 is 33.7 Å². The van der Waals surface area contributed by atoms with Crippen molar-refractivity contribution < 1.29 is 14.1 Å². The zero-order valence-corrected chi connectivity index (χ0v) is 24.6. The Morgan fingerprint density at radius 1 is 0.886 bits per heavy atom. The van der Waals surface area contributed by atoms with E-state index in [0.29, 0.717) is 17.2 Å². The Morgan fingerprint density at radius 2 is 1.46 bits per heavy atom. The van der Waals surface area contributed by atoms with Crippen LogP contribution in [0.1, 0.15) is 69.7 Å². The number of anilines is 1. The Bertz CT molecular complexity index is 1020. The number of ether oxygens (including phenoxy) is 1. The van der Waals surface area contributed by atoms with Crippen molar-refractivity contribution in [2.45, 2.75) is 72.6 Å². The molecule has 3 aromatic rings. The number of aromatic nitrogens is 1. The summed E-state index contributed by atoms with van der Waals surface area (Å²) in [7, 11) is 1.60. The summed E-state index contributed by atoms with van der Waals surface area (Å²) in [5.41, 5.74) is 2.28. The normalized spacial score (nSPS) is 11.4. The maximum absolute atomic E-state index is 12.5. The Kier molecular flexibility index (Phi) is 10.7. The van der Waals surface area contributed by atoms with Crippen LogP contribution in [0.3, 0.4) is 0 Å². The Balaban J connectivity index is 1.76. The first-order valence-corrected chi connectivity index (χ1v) is 20.6.